The van der Waals surface area contributed by atoms with E-state index in [1.165, 1.54) is 17.0 Å². The van der Waals surface area contributed by atoms with Crippen LogP contribution in [0.3, 0.4) is 0 Å². The summed E-state index contributed by atoms with van der Waals surface area (Å²) in [5.74, 6) is -0.167. The minimum Gasteiger partial charge on any atom is -0.497 e. The Bertz CT molecular complexity index is 940. The SMILES string of the molecule is COc1ccc(C(=O)NC(C(=O)N2CCc3ccc([N+](=O)[O-])cc32)C(C)C)cc1. The number of methoxy groups -OCH3 is 1. The van der Waals surface area contributed by atoms with Crippen molar-refractivity contribution in [3.8, 4) is 5.75 Å². The zero-order valence-corrected chi connectivity index (χ0v) is 16.5. The van der Waals surface area contributed by atoms with E-state index in [-0.39, 0.29) is 23.4 Å². The number of amides is 2. The van der Waals surface area contributed by atoms with Crippen molar-refractivity contribution in [1.29, 1.82) is 0 Å². The number of nitro groups is 1. The molecule has 1 unspecified atom stereocenters. The van der Waals surface area contributed by atoms with Gasteiger partial charge >= 0.3 is 0 Å². The maximum atomic E-state index is 13.2. The third kappa shape index (κ3) is 4.21. The first-order chi connectivity index (χ1) is 13.8. The van der Waals surface area contributed by atoms with Gasteiger partial charge in [0.1, 0.15) is 11.8 Å². The van der Waals surface area contributed by atoms with Crippen LogP contribution in [0.5, 0.6) is 5.75 Å². The van der Waals surface area contributed by atoms with Crippen LogP contribution in [0, 0.1) is 16.0 Å². The lowest BCUT2D eigenvalue weighted by molar-refractivity contribution is -0.384. The Kier molecular flexibility index (Phi) is 5.81. The molecule has 29 heavy (non-hydrogen) atoms. The van der Waals surface area contributed by atoms with E-state index in [0.29, 0.717) is 30.0 Å². The maximum Gasteiger partial charge on any atom is 0.271 e. The fourth-order valence-electron chi connectivity index (χ4n) is 3.36. The number of anilines is 1. The quantitative estimate of drug-likeness (QED) is 0.596. The molecule has 2 aromatic rings. The van der Waals surface area contributed by atoms with Crippen LogP contribution in [0.15, 0.2) is 42.5 Å². The van der Waals surface area contributed by atoms with Crippen molar-refractivity contribution in [2.75, 3.05) is 18.6 Å². The summed E-state index contributed by atoms with van der Waals surface area (Å²) in [5.41, 5.74) is 1.77. The topological polar surface area (TPSA) is 102 Å². The third-order valence-electron chi connectivity index (χ3n) is 5.01. The zero-order chi connectivity index (χ0) is 21.1. The fourth-order valence-corrected chi connectivity index (χ4v) is 3.36. The molecule has 0 aromatic heterocycles. The summed E-state index contributed by atoms with van der Waals surface area (Å²) in [4.78, 5) is 38.0. The van der Waals surface area contributed by atoms with Gasteiger partial charge in [0.25, 0.3) is 11.6 Å². The molecule has 0 aliphatic carbocycles. The number of nitro benzene ring substituents is 1. The first-order valence-electron chi connectivity index (χ1n) is 9.35. The van der Waals surface area contributed by atoms with Gasteiger partial charge in [-0.15, -0.1) is 0 Å². The van der Waals surface area contributed by atoms with E-state index in [1.807, 2.05) is 13.8 Å². The normalized spacial score (nSPS) is 13.7. The molecule has 1 aliphatic heterocycles. The molecule has 1 heterocycles. The smallest absolute Gasteiger partial charge is 0.271 e. The van der Waals surface area contributed by atoms with Gasteiger partial charge in [-0.25, -0.2) is 0 Å². The van der Waals surface area contributed by atoms with E-state index < -0.39 is 11.0 Å². The largest absolute Gasteiger partial charge is 0.497 e. The molecule has 2 aromatic carbocycles. The van der Waals surface area contributed by atoms with Gasteiger partial charge in [0.15, 0.2) is 0 Å². The van der Waals surface area contributed by atoms with Crippen molar-refractivity contribution in [2.45, 2.75) is 26.3 Å². The highest BCUT2D eigenvalue weighted by Gasteiger charge is 2.34. The van der Waals surface area contributed by atoms with E-state index in [4.69, 9.17) is 4.74 Å². The monoisotopic (exact) mass is 397 g/mol. The summed E-state index contributed by atoms with van der Waals surface area (Å²) < 4.78 is 5.09. The average molecular weight is 397 g/mol. The molecule has 8 nitrogen and oxygen atoms in total. The van der Waals surface area contributed by atoms with Crippen molar-refractivity contribution in [1.82, 2.24) is 5.32 Å². The predicted molar refractivity (Wildman–Crippen MR) is 108 cm³/mol. The van der Waals surface area contributed by atoms with Crippen molar-refractivity contribution in [3.05, 3.63) is 63.7 Å². The Labute approximate surface area is 168 Å². The number of hydrogen-bond donors (Lipinski definition) is 1. The van der Waals surface area contributed by atoms with Gasteiger partial charge in [-0.1, -0.05) is 19.9 Å². The van der Waals surface area contributed by atoms with Gasteiger partial charge in [-0.2, -0.15) is 0 Å². The fraction of sp³-hybridized carbons (Fsp3) is 0.333. The number of carbonyl (C=O) groups excluding carboxylic acids is 2. The lowest BCUT2D eigenvalue weighted by Crippen LogP contribution is -2.51. The molecule has 1 aliphatic rings. The number of fused-ring (bicyclic) bond motifs is 1. The first-order valence-corrected chi connectivity index (χ1v) is 9.35. The van der Waals surface area contributed by atoms with Gasteiger partial charge in [-0.05, 0) is 42.2 Å². The second-order valence-corrected chi connectivity index (χ2v) is 7.23. The van der Waals surface area contributed by atoms with Crippen molar-refractivity contribution in [3.63, 3.8) is 0 Å². The minimum absolute atomic E-state index is 0.0631. The number of rotatable bonds is 6. The van der Waals surface area contributed by atoms with Crippen molar-refractivity contribution in [2.24, 2.45) is 5.92 Å². The van der Waals surface area contributed by atoms with Crippen LogP contribution >= 0.6 is 0 Å². The Hall–Kier alpha value is -3.42. The van der Waals surface area contributed by atoms with E-state index in [0.717, 1.165) is 5.56 Å². The molecular weight excluding hydrogens is 374 g/mol. The van der Waals surface area contributed by atoms with Gasteiger partial charge in [0, 0.05) is 24.2 Å². The molecule has 152 valence electrons. The molecule has 0 spiro atoms. The predicted octanol–water partition coefficient (Wildman–Crippen LogP) is 2.95. The van der Waals surface area contributed by atoms with Crippen LogP contribution in [0.2, 0.25) is 0 Å². The van der Waals surface area contributed by atoms with Gasteiger partial charge in [-0.3, -0.25) is 19.7 Å². The number of nitrogens with one attached hydrogen (secondary N) is 1. The second kappa shape index (κ2) is 8.30. The first kappa shape index (κ1) is 20.3. The van der Waals surface area contributed by atoms with Crippen molar-refractivity contribution >= 4 is 23.2 Å². The highest BCUT2D eigenvalue weighted by atomic mass is 16.6. The summed E-state index contributed by atoms with van der Waals surface area (Å²) in [6.45, 7) is 4.12. The number of benzene rings is 2. The molecule has 0 saturated carbocycles. The summed E-state index contributed by atoms with van der Waals surface area (Å²) in [7, 11) is 1.54. The van der Waals surface area contributed by atoms with E-state index in [1.54, 1.807) is 37.4 Å². The molecule has 0 fully saturated rings. The summed E-state index contributed by atoms with van der Waals surface area (Å²) >= 11 is 0. The molecule has 1 N–H and O–H groups in total. The van der Waals surface area contributed by atoms with E-state index in [9.17, 15) is 19.7 Å². The molecule has 0 bridgehead atoms. The van der Waals surface area contributed by atoms with Gasteiger partial charge < -0.3 is 15.0 Å². The lowest BCUT2D eigenvalue weighted by Gasteiger charge is -2.27. The van der Waals surface area contributed by atoms with Gasteiger partial charge in [0.05, 0.1) is 17.7 Å². The van der Waals surface area contributed by atoms with E-state index >= 15 is 0 Å². The van der Waals surface area contributed by atoms with Crippen LogP contribution in [-0.2, 0) is 11.2 Å². The van der Waals surface area contributed by atoms with Crippen LogP contribution in [0.4, 0.5) is 11.4 Å². The molecule has 3 rings (SSSR count). The molecular formula is C21H23N3O5. The molecule has 0 saturated heterocycles. The van der Waals surface area contributed by atoms with Crippen LogP contribution in [-0.4, -0.2) is 36.4 Å². The summed E-state index contributed by atoms with van der Waals surface area (Å²) in [6.07, 6.45) is 0.621. The number of carbonyl (C=O) groups is 2. The number of nitrogens with zero attached hydrogens (tertiary/aromatic N) is 2. The zero-order valence-electron chi connectivity index (χ0n) is 16.5. The van der Waals surface area contributed by atoms with Crippen LogP contribution in [0.25, 0.3) is 0 Å². The number of non-ortho nitro benzene ring substituents is 1. The summed E-state index contributed by atoms with van der Waals surface area (Å²) in [6, 6.07) is 10.4. The Balaban J connectivity index is 1.81. The highest BCUT2D eigenvalue weighted by molar-refractivity contribution is 6.03. The van der Waals surface area contributed by atoms with Crippen LogP contribution in [0.1, 0.15) is 29.8 Å². The van der Waals surface area contributed by atoms with E-state index in [2.05, 4.69) is 5.32 Å². The lowest BCUT2D eigenvalue weighted by atomic mass is 10.0. The standard InChI is InChI=1S/C21H23N3O5/c1-13(2)19(22-20(25)15-5-8-17(29-3)9-6-15)21(26)23-11-10-14-4-7-16(24(27)28)12-18(14)23/h4-9,12-13,19H,10-11H2,1-3H3,(H,22,25). The maximum absolute atomic E-state index is 13.2. The Morgan fingerprint density at radius 2 is 1.86 bits per heavy atom. The van der Waals surface area contributed by atoms with Crippen LogP contribution < -0.4 is 15.0 Å². The van der Waals surface area contributed by atoms with Gasteiger partial charge in [0.2, 0.25) is 5.91 Å². The molecule has 0 radical (unpaired) electrons. The average Bonchev–Trinajstić information content (AvgIpc) is 3.14. The number of ether oxygens (including phenoxy) is 1. The highest BCUT2D eigenvalue weighted by Crippen LogP contribution is 2.32. The Morgan fingerprint density at radius 3 is 2.45 bits per heavy atom. The molecule has 8 heteroatoms. The minimum atomic E-state index is -0.755. The number of hydrogen-bond acceptors (Lipinski definition) is 5. The Morgan fingerprint density at radius 1 is 1.17 bits per heavy atom. The summed E-state index contributed by atoms with van der Waals surface area (Å²) in [5, 5.41) is 13.9. The second-order valence-electron chi connectivity index (χ2n) is 7.23. The molecule has 1 atom stereocenters. The van der Waals surface area contributed by atoms with Crippen molar-refractivity contribution < 1.29 is 19.2 Å². The third-order valence-corrected chi connectivity index (χ3v) is 5.01. The molecule has 2 amide bonds.